The van der Waals surface area contributed by atoms with E-state index in [1.165, 1.54) is 18.3 Å². The van der Waals surface area contributed by atoms with Crippen molar-refractivity contribution in [2.24, 2.45) is 0 Å². The topological polar surface area (TPSA) is 103 Å². The number of nitrogens with zero attached hydrogens (tertiary/aromatic N) is 2. The zero-order valence-electron chi connectivity index (χ0n) is 13.5. The first-order valence-electron chi connectivity index (χ1n) is 7.55. The molecule has 2 N–H and O–H groups in total. The van der Waals surface area contributed by atoms with Crippen LogP contribution in [-0.2, 0) is 9.53 Å². The number of morpholine rings is 1. The maximum atomic E-state index is 12.4. The predicted octanol–water partition coefficient (Wildman–Crippen LogP) is 1.84. The number of carboxylic acids is 1. The molecule has 0 aromatic heterocycles. The summed E-state index contributed by atoms with van der Waals surface area (Å²) in [5, 5.41) is 20.9. The Labute approximate surface area is 140 Å². The van der Waals surface area contributed by atoms with Crippen LogP contribution in [-0.4, -0.2) is 47.2 Å². The third-order valence-corrected chi connectivity index (χ3v) is 3.57. The largest absolute Gasteiger partial charge is 0.478 e. The van der Waals surface area contributed by atoms with E-state index in [0.717, 1.165) is 0 Å². The molecule has 2 rings (SSSR count). The van der Waals surface area contributed by atoms with Crippen LogP contribution in [0.5, 0.6) is 0 Å². The van der Waals surface area contributed by atoms with Crippen LogP contribution in [0.1, 0.15) is 24.2 Å². The van der Waals surface area contributed by atoms with Crippen LogP contribution in [0.2, 0.25) is 0 Å². The number of hydrogen-bond donors (Lipinski definition) is 2. The van der Waals surface area contributed by atoms with E-state index in [1.54, 1.807) is 17.0 Å². The highest BCUT2D eigenvalue weighted by molar-refractivity contribution is 5.97. The second-order valence-corrected chi connectivity index (χ2v) is 5.66. The second-order valence-electron chi connectivity index (χ2n) is 5.66. The van der Waals surface area contributed by atoms with Gasteiger partial charge >= 0.3 is 5.97 Å². The molecular weight excluding hydrogens is 310 g/mol. The van der Waals surface area contributed by atoms with E-state index in [0.29, 0.717) is 18.8 Å². The van der Waals surface area contributed by atoms with Crippen molar-refractivity contribution in [3.63, 3.8) is 0 Å². The molecule has 1 aliphatic rings. The summed E-state index contributed by atoms with van der Waals surface area (Å²) in [6.45, 7) is 4.65. The summed E-state index contributed by atoms with van der Waals surface area (Å²) >= 11 is 0. The van der Waals surface area contributed by atoms with Crippen LogP contribution in [0.15, 0.2) is 36.0 Å². The Bertz CT molecular complexity index is 681. The van der Waals surface area contributed by atoms with Crippen molar-refractivity contribution in [2.45, 2.75) is 26.1 Å². The molecule has 24 heavy (non-hydrogen) atoms. The number of nitriles is 1. The number of aromatic carboxylic acids is 1. The van der Waals surface area contributed by atoms with Crippen LogP contribution < -0.4 is 5.32 Å². The normalized spacial score (nSPS) is 21.0. The van der Waals surface area contributed by atoms with E-state index in [4.69, 9.17) is 9.84 Å². The first-order chi connectivity index (χ1) is 11.4. The van der Waals surface area contributed by atoms with Crippen molar-refractivity contribution in [2.75, 3.05) is 18.4 Å². The number of anilines is 1. The molecule has 1 aliphatic heterocycles. The van der Waals surface area contributed by atoms with E-state index in [2.05, 4.69) is 5.32 Å². The van der Waals surface area contributed by atoms with Crippen LogP contribution in [0, 0.1) is 11.3 Å². The molecule has 7 heteroatoms. The van der Waals surface area contributed by atoms with Crippen molar-refractivity contribution < 1.29 is 19.4 Å². The molecule has 0 radical (unpaired) electrons. The molecule has 7 nitrogen and oxygen atoms in total. The first kappa shape index (κ1) is 17.5. The highest BCUT2D eigenvalue weighted by Gasteiger charge is 2.27. The monoisotopic (exact) mass is 329 g/mol. The van der Waals surface area contributed by atoms with E-state index in [-0.39, 0.29) is 29.3 Å². The van der Waals surface area contributed by atoms with E-state index in [1.807, 2.05) is 19.9 Å². The average molecular weight is 329 g/mol. The second kappa shape index (κ2) is 7.62. The minimum atomic E-state index is -1.01. The molecule has 1 heterocycles. The lowest BCUT2D eigenvalue weighted by atomic mass is 10.2. The van der Waals surface area contributed by atoms with Gasteiger partial charge in [0.05, 0.1) is 17.8 Å². The smallest absolute Gasteiger partial charge is 0.335 e. The number of carbonyl (C=O) groups is 2. The minimum absolute atomic E-state index is 0.0152. The first-order valence-corrected chi connectivity index (χ1v) is 7.55. The van der Waals surface area contributed by atoms with Crippen molar-refractivity contribution in [1.82, 2.24) is 4.90 Å². The number of hydrogen-bond acceptors (Lipinski definition) is 5. The van der Waals surface area contributed by atoms with Crippen molar-refractivity contribution in [1.29, 1.82) is 5.26 Å². The number of carboxylic acid groups (broad SMARTS) is 1. The Morgan fingerprint density at radius 1 is 1.29 bits per heavy atom. The SMILES string of the molecule is CC1CN(C(=O)/C(C#N)=C\Nc2ccc(C(=O)O)cc2)CC(C)O1. The molecule has 2 unspecified atom stereocenters. The Kier molecular flexibility index (Phi) is 5.55. The Morgan fingerprint density at radius 2 is 1.88 bits per heavy atom. The highest BCUT2D eigenvalue weighted by atomic mass is 16.5. The van der Waals surface area contributed by atoms with Crippen LogP contribution in [0.4, 0.5) is 5.69 Å². The third kappa shape index (κ3) is 4.33. The van der Waals surface area contributed by atoms with Gasteiger partial charge in [0.25, 0.3) is 5.91 Å². The molecule has 1 fully saturated rings. The van der Waals surface area contributed by atoms with Gasteiger partial charge in [-0.1, -0.05) is 0 Å². The molecule has 126 valence electrons. The summed E-state index contributed by atoms with van der Waals surface area (Å²) in [6.07, 6.45) is 1.19. The Balaban J connectivity index is 2.07. The van der Waals surface area contributed by atoms with Crippen molar-refractivity contribution >= 4 is 17.6 Å². The average Bonchev–Trinajstić information content (AvgIpc) is 2.54. The van der Waals surface area contributed by atoms with Gasteiger partial charge in [0.2, 0.25) is 0 Å². The molecular formula is C17H19N3O4. The zero-order valence-corrected chi connectivity index (χ0v) is 13.5. The van der Waals surface area contributed by atoms with Gasteiger partial charge in [-0.3, -0.25) is 4.79 Å². The Hall–Kier alpha value is -2.85. The van der Waals surface area contributed by atoms with Gasteiger partial charge in [-0.05, 0) is 38.1 Å². The Morgan fingerprint density at radius 3 is 2.38 bits per heavy atom. The van der Waals surface area contributed by atoms with Gasteiger partial charge in [0, 0.05) is 25.0 Å². The fraction of sp³-hybridized carbons (Fsp3) is 0.353. The van der Waals surface area contributed by atoms with Crippen LogP contribution in [0.25, 0.3) is 0 Å². The summed E-state index contributed by atoms with van der Waals surface area (Å²) < 4.78 is 5.58. The highest BCUT2D eigenvalue weighted by Crippen LogP contribution is 2.14. The van der Waals surface area contributed by atoms with E-state index < -0.39 is 5.97 Å². The molecule has 0 aliphatic carbocycles. The quantitative estimate of drug-likeness (QED) is 0.645. The number of nitrogens with one attached hydrogen (secondary N) is 1. The summed E-state index contributed by atoms with van der Waals surface area (Å²) in [6, 6.07) is 7.92. The minimum Gasteiger partial charge on any atom is -0.478 e. The van der Waals surface area contributed by atoms with Crippen LogP contribution in [0.3, 0.4) is 0 Å². The van der Waals surface area contributed by atoms with E-state index in [9.17, 15) is 14.9 Å². The number of amides is 1. The lowest BCUT2D eigenvalue weighted by Gasteiger charge is -2.35. The molecule has 1 saturated heterocycles. The van der Waals surface area contributed by atoms with Gasteiger partial charge < -0.3 is 20.1 Å². The summed E-state index contributed by atoms with van der Waals surface area (Å²) in [4.78, 5) is 24.9. The maximum Gasteiger partial charge on any atom is 0.335 e. The number of ether oxygens (including phenoxy) is 1. The summed E-state index contributed by atoms with van der Waals surface area (Å²) in [7, 11) is 0. The van der Waals surface area contributed by atoms with Crippen molar-refractivity contribution in [3.8, 4) is 6.07 Å². The van der Waals surface area contributed by atoms with Gasteiger partial charge in [0.1, 0.15) is 11.6 Å². The lowest BCUT2D eigenvalue weighted by molar-refractivity contribution is -0.138. The number of benzene rings is 1. The van der Waals surface area contributed by atoms with Crippen molar-refractivity contribution in [3.05, 3.63) is 41.6 Å². The molecule has 2 atom stereocenters. The fourth-order valence-corrected chi connectivity index (χ4v) is 2.52. The molecule has 1 aromatic carbocycles. The van der Waals surface area contributed by atoms with Gasteiger partial charge in [-0.2, -0.15) is 5.26 Å². The lowest BCUT2D eigenvalue weighted by Crippen LogP contribution is -2.48. The predicted molar refractivity (Wildman–Crippen MR) is 87.3 cm³/mol. The number of carbonyl (C=O) groups excluding carboxylic acids is 1. The third-order valence-electron chi connectivity index (χ3n) is 3.57. The fourth-order valence-electron chi connectivity index (χ4n) is 2.52. The zero-order chi connectivity index (χ0) is 17.7. The van der Waals surface area contributed by atoms with Crippen LogP contribution >= 0.6 is 0 Å². The number of rotatable bonds is 4. The molecule has 0 bridgehead atoms. The maximum absolute atomic E-state index is 12.4. The summed E-state index contributed by atoms with van der Waals surface area (Å²) in [5.74, 6) is -1.37. The standard InChI is InChI=1S/C17H19N3O4/c1-11-9-20(10-12(2)24-11)16(21)14(7-18)8-19-15-5-3-13(4-6-15)17(22)23/h3-6,8,11-12,19H,9-10H2,1-2H3,(H,22,23)/b14-8-. The van der Waals surface area contributed by atoms with E-state index >= 15 is 0 Å². The van der Waals surface area contributed by atoms with Gasteiger partial charge in [0.15, 0.2) is 0 Å². The molecule has 0 spiro atoms. The molecule has 0 saturated carbocycles. The van der Waals surface area contributed by atoms with Gasteiger partial charge in [-0.25, -0.2) is 4.79 Å². The molecule has 1 amide bonds. The molecule has 1 aromatic rings. The van der Waals surface area contributed by atoms with Gasteiger partial charge in [-0.15, -0.1) is 0 Å². The summed E-state index contributed by atoms with van der Waals surface area (Å²) in [5.41, 5.74) is 0.736.